The van der Waals surface area contributed by atoms with Gasteiger partial charge in [-0.05, 0) is 13.0 Å². The van der Waals surface area contributed by atoms with E-state index in [4.69, 9.17) is 5.73 Å². The van der Waals surface area contributed by atoms with E-state index in [0.29, 0.717) is 0 Å². The summed E-state index contributed by atoms with van der Waals surface area (Å²) in [6.07, 6.45) is 11.0. The van der Waals surface area contributed by atoms with E-state index in [9.17, 15) is 0 Å². The highest BCUT2D eigenvalue weighted by Gasteiger charge is 1.89. The number of nitrogens with two attached hydrogens (primary N) is 1. The molecule has 0 aromatic carbocycles. The van der Waals surface area contributed by atoms with Crippen LogP contribution in [0.4, 0.5) is 0 Å². The van der Waals surface area contributed by atoms with Crippen molar-refractivity contribution in [2.45, 2.75) is 58.3 Å². The Morgan fingerprint density at radius 1 is 0.750 bits per heavy atom. The minimum absolute atomic E-state index is 0. The van der Waals surface area contributed by atoms with Crippen LogP contribution in [0.2, 0.25) is 0 Å². The van der Waals surface area contributed by atoms with Crippen LogP contribution >= 0.6 is 0 Å². The third-order valence-electron chi connectivity index (χ3n) is 2.06. The zero-order valence-corrected chi connectivity index (χ0v) is 8.44. The van der Waals surface area contributed by atoms with Crippen LogP contribution in [-0.2, 0) is 0 Å². The summed E-state index contributed by atoms with van der Waals surface area (Å²) in [5, 5.41) is 0. The summed E-state index contributed by atoms with van der Waals surface area (Å²) in [6.45, 7) is 3.13. The molecular formula is C10H25NO. The van der Waals surface area contributed by atoms with Crippen LogP contribution in [0.3, 0.4) is 0 Å². The average Bonchev–Trinajstić information content (AvgIpc) is 2.03. The summed E-state index contributed by atoms with van der Waals surface area (Å²) in [5.74, 6) is 0. The van der Waals surface area contributed by atoms with Gasteiger partial charge >= 0.3 is 0 Å². The van der Waals surface area contributed by atoms with Crippen molar-refractivity contribution in [2.75, 3.05) is 6.54 Å². The van der Waals surface area contributed by atoms with E-state index in [-0.39, 0.29) is 5.48 Å². The molecule has 0 fully saturated rings. The van der Waals surface area contributed by atoms with E-state index in [1.165, 1.54) is 51.4 Å². The lowest BCUT2D eigenvalue weighted by atomic mass is 10.1. The van der Waals surface area contributed by atoms with Crippen molar-refractivity contribution < 1.29 is 5.48 Å². The van der Waals surface area contributed by atoms with Gasteiger partial charge in [0.05, 0.1) is 0 Å². The molecule has 0 atom stereocenters. The van der Waals surface area contributed by atoms with Crippen LogP contribution in [0.15, 0.2) is 0 Å². The quantitative estimate of drug-likeness (QED) is 0.565. The Bertz CT molecular complexity index is 58.9. The van der Waals surface area contributed by atoms with Crippen molar-refractivity contribution >= 4 is 0 Å². The van der Waals surface area contributed by atoms with Crippen LogP contribution in [0, 0.1) is 0 Å². The van der Waals surface area contributed by atoms with Gasteiger partial charge in [0, 0.05) is 0 Å². The minimum Gasteiger partial charge on any atom is -0.412 e. The monoisotopic (exact) mass is 175 g/mol. The average molecular weight is 175 g/mol. The first-order chi connectivity index (χ1) is 5.41. The zero-order chi connectivity index (χ0) is 8.36. The zero-order valence-electron chi connectivity index (χ0n) is 8.44. The molecule has 0 aliphatic carbocycles. The third kappa shape index (κ3) is 12.6. The Balaban J connectivity index is 0. The van der Waals surface area contributed by atoms with Gasteiger partial charge in [-0.25, -0.2) is 0 Å². The Labute approximate surface area is 76.8 Å². The normalized spacial score (nSPS) is 9.50. The predicted molar refractivity (Wildman–Crippen MR) is 55.3 cm³/mol. The Hall–Kier alpha value is -0.0800. The molecule has 0 aliphatic rings. The molecule has 2 nitrogen and oxygen atoms in total. The third-order valence-corrected chi connectivity index (χ3v) is 2.06. The molecular weight excluding hydrogens is 150 g/mol. The molecule has 0 aromatic heterocycles. The molecule has 0 heterocycles. The second-order valence-corrected chi connectivity index (χ2v) is 3.26. The van der Waals surface area contributed by atoms with Gasteiger partial charge in [0.1, 0.15) is 0 Å². The molecule has 76 valence electrons. The highest BCUT2D eigenvalue weighted by molar-refractivity contribution is 4.45. The second-order valence-electron chi connectivity index (χ2n) is 3.26. The molecule has 4 N–H and O–H groups in total. The molecule has 0 bridgehead atoms. The molecule has 0 saturated heterocycles. The van der Waals surface area contributed by atoms with Crippen LogP contribution in [0.1, 0.15) is 58.3 Å². The van der Waals surface area contributed by atoms with Gasteiger partial charge in [-0.3, -0.25) is 0 Å². The van der Waals surface area contributed by atoms with Gasteiger partial charge in [0.15, 0.2) is 0 Å². The van der Waals surface area contributed by atoms with Gasteiger partial charge in [0.2, 0.25) is 0 Å². The Kier molecular flexibility index (Phi) is 16.3. The lowest BCUT2D eigenvalue weighted by Crippen LogP contribution is -1.97. The fraction of sp³-hybridized carbons (Fsp3) is 1.00. The van der Waals surface area contributed by atoms with Crippen LogP contribution < -0.4 is 5.73 Å². The second kappa shape index (κ2) is 13.5. The summed E-state index contributed by atoms with van der Waals surface area (Å²) in [7, 11) is 0. The molecule has 0 aliphatic heterocycles. The van der Waals surface area contributed by atoms with Crippen molar-refractivity contribution in [2.24, 2.45) is 5.73 Å². The standard InChI is InChI=1S/C10H23N.H2O/c1-2-3-4-5-6-7-8-9-10-11;/h2-11H2,1H3;1H2. The van der Waals surface area contributed by atoms with E-state index in [1.54, 1.807) is 0 Å². The summed E-state index contributed by atoms with van der Waals surface area (Å²) >= 11 is 0. The van der Waals surface area contributed by atoms with Crippen molar-refractivity contribution in [1.29, 1.82) is 0 Å². The van der Waals surface area contributed by atoms with Crippen LogP contribution in [-0.4, -0.2) is 12.0 Å². The number of hydrogen-bond donors (Lipinski definition) is 1. The first kappa shape index (κ1) is 14.4. The summed E-state index contributed by atoms with van der Waals surface area (Å²) in [4.78, 5) is 0. The number of unbranched alkanes of at least 4 members (excludes halogenated alkanes) is 7. The lowest BCUT2D eigenvalue weighted by molar-refractivity contribution is 0.578. The van der Waals surface area contributed by atoms with Crippen molar-refractivity contribution in [3.63, 3.8) is 0 Å². The van der Waals surface area contributed by atoms with E-state index in [2.05, 4.69) is 6.92 Å². The smallest absolute Gasteiger partial charge is 0.00773 e. The predicted octanol–water partition coefficient (Wildman–Crippen LogP) is 2.26. The fourth-order valence-electron chi connectivity index (χ4n) is 1.28. The lowest BCUT2D eigenvalue weighted by Gasteiger charge is -1.99. The van der Waals surface area contributed by atoms with Crippen LogP contribution in [0.5, 0.6) is 0 Å². The maximum Gasteiger partial charge on any atom is -0.00773 e. The fourth-order valence-corrected chi connectivity index (χ4v) is 1.28. The summed E-state index contributed by atoms with van der Waals surface area (Å²) in [6, 6.07) is 0. The Morgan fingerprint density at radius 3 is 1.58 bits per heavy atom. The first-order valence-electron chi connectivity index (χ1n) is 5.12. The van der Waals surface area contributed by atoms with Gasteiger partial charge in [0.25, 0.3) is 0 Å². The minimum atomic E-state index is 0. The summed E-state index contributed by atoms with van der Waals surface area (Å²) in [5.41, 5.74) is 5.39. The van der Waals surface area contributed by atoms with E-state index >= 15 is 0 Å². The molecule has 0 rings (SSSR count). The number of hydrogen-bond acceptors (Lipinski definition) is 1. The molecule has 0 aromatic rings. The molecule has 12 heavy (non-hydrogen) atoms. The summed E-state index contributed by atoms with van der Waals surface area (Å²) < 4.78 is 0. The maximum atomic E-state index is 5.39. The highest BCUT2D eigenvalue weighted by Crippen LogP contribution is 2.07. The van der Waals surface area contributed by atoms with Gasteiger partial charge in [-0.1, -0.05) is 51.9 Å². The highest BCUT2D eigenvalue weighted by atomic mass is 16.0. The van der Waals surface area contributed by atoms with E-state index < -0.39 is 0 Å². The van der Waals surface area contributed by atoms with Gasteiger partial charge in [-0.15, -0.1) is 0 Å². The topological polar surface area (TPSA) is 57.5 Å². The molecule has 0 unspecified atom stereocenters. The SMILES string of the molecule is CCCCCCCCCCN.O. The van der Waals surface area contributed by atoms with Crippen molar-refractivity contribution in [3.8, 4) is 0 Å². The van der Waals surface area contributed by atoms with E-state index in [0.717, 1.165) is 6.54 Å². The maximum absolute atomic E-state index is 5.39. The first-order valence-corrected chi connectivity index (χ1v) is 5.12. The molecule has 0 saturated carbocycles. The van der Waals surface area contributed by atoms with Gasteiger partial charge < -0.3 is 11.2 Å². The van der Waals surface area contributed by atoms with Gasteiger partial charge in [-0.2, -0.15) is 0 Å². The number of rotatable bonds is 8. The van der Waals surface area contributed by atoms with E-state index in [1.807, 2.05) is 0 Å². The molecule has 2 heteroatoms. The largest absolute Gasteiger partial charge is 0.412 e. The van der Waals surface area contributed by atoms with Crippen LogP contribution in [0.25, 0.3) is 0 Å². The van der Waals surface area contributed by atoms with Crippen molar-refractivity contribution in [1.82, 2.24) is 0 Å². The molecule has 0 amide bonds. The molecule has 0 spiro atoms. The Morgan fingerprint density at radius 2 is 1.17 bits per heavy atom. The van der Waals surface area contributed by atoms with Crippen molar-refractivity contribution in [3.05, 3.63) is 0 Å². The molecule has 0 radical (unpaired) electrons.